The molecule has 0 saturated heterocycles. The molecule has 0 amide bonds. The molecule has 3 nitrogen and oxygen atoms in total. The van der Waals surface area contributed by atoms with Crippen LogP contribution in [0, 0.1) is 6.92 Å². The first kappa shape index (κ1) is 14.1. The van der Waals surface area contributed by atoms with Gasteiger partial charge in [-0.2, -0.15) is 0 Å². The van der Waals surface area contributed by atoms with Crippen molar-refractivity contribution >= 4 is 17.3 Å². The molecular weight excluding hydrogens is 250 g/mol. The summed E-state index contributed by atoms with van der Waals surface area (Å²) < 4.78 is 5.07. The highest BCUT2D eigenvalue weighted by Crippen LogP contribution is 2.27. The second-order valence-electron chi connectivity index (χ2n) is 4.61. The van der Waals surface area contributed by atoms with Gasteiger partial charge in [0.05, 0.1) is 6.54 Å². The minimum Gasteiger partial charge on any atom is -0.464 e. The summed E-state index contributed by atoms with van der Waals surface area (Å²) in [4.78, 5) is 13.1. The van der Waals surface area contributed by atoms with Gasteiger partial charge in [0, 0.05) is 18.3 Å². The molecule has 0 aliphatic rings. The van der Waals surface area contributed by atoms with E-state index in [9.17, 15) is 4.79 Å². The summed E-state index contributed by atoms with van der Waals surface area (Å²) in [7, 11) is 0. The van der Waals surface area contributed by atoms with E-state index < -0.39 is 0 Å². The van der Waals surface area contributed by atoms with E-state index in [1.54, 1.807) is 0 Å². The first-order valence-corrected chi connectivity index (χ1v) is 6.70. The van der Waals surface area contributed by atoms with Gasteiger partial charge in [-0.05, 0) is 30.7 Å². The molecule has 2 aromatic carbocycles. The number of ether oxygens (including phenoxy) is 1. The van der Waals surface area contributed by atoms with Crippen molar-refractivity contribution in [2.75, 3.05) is 18.1 Å². The summed E-state index contributed by atoms with van der Waals surface area (Å²) >= 11 is 0. The Morgan fingerprint density at radius 1 is 1.05 bits per heavy atom. The Balaban J connectivity index is 2.25. The van der Waals surface area contributed by atoms with Crippen LogP contribution >= 0.6 is 0 Å². The summed E-state index contributed by atoms with van der Waals surface area (Å²) in [5.41, 5.74) is 3.42. The van der Waals surface area contributed by atoms with Crippen molar-refractivity contribution in [3.8, 4) is 0 Å². The normalized spacial score (nSPS) is 10.1. The van der Waals surface area contributed by atoms with Crippen LogP contribution in [0.25, 0.3) is 0 Å². The van der Waals surface area contributed by atoms with Crippen LogP contribution in [-0.2, 0) is 9.53 Å². The van der Waals surface area contributed by atoms with Gasteiger partial charge < -0.3 is 9.64 Å². The zero-order valence-electron chi connectivity index (χ0n) is 11.9. The second-order valence-corrected chi connectivity index (χ2v) is 4.61. The molecule has 20 heavy (non-hydrogen) atoms. The lowest BCUT2D eigenvalue weighted by atomic mass is 10.1. The van der Waals surface area contributed by atoms with Crippen LogP contribution in [0.1, 0.15) is 12.5 Å². The minimum absolute atomic E-state index is 0.247. The van der Waals surface area contributed by atoms with E-state index >= 15 is 0 Å². The monoisotopic (exact) mass is 269 g/mol. The van der Waals surface area contributed by atoms with Crippen molar-refractivity contribution in [2.45, 2.75) is 13.8 Å². The number of carbonyl (C=O) groups excluding carboxylic acids is 1. The predicted octanol–water partition coefficient (Wildman–Crippen LogP) is 3.70. The number of aryl methyl sites for hydroxylation is 1. The van der Waals surface area contributed by atoms with Gasteiger partial charge >= 0.3 is 5.97 Å². The maximum Gasteiger partial charge on any atom is 0.302 e. The number of carbonyl (C=O) groups is 1. The number of hydrogen-bond donors (Lipinski definition) is 0. The van der Waals surface area contributed by atoms with Crippen molar-refractivity contribution in [1.82, 2.24) is 0 Å². The number of hydrogen-bond acceptors (Lipinski definition) is 3. The molecule has 0 N–H and O–H groups in total. The van der Waals surface area contributed by atoms with Crippen LogP contribution in [0.5, 0.6) is 0 Å². The third kappa shape index (κ3) is 3.60. The predicted molar refractivity (Wildman–Crippen MR) is 81.3 cm³/mol. The fraction of sp³-hybridized carbons (Fsp3) is 0.235. The van der Waals surface area contributed by atoms with Crippen LogP contribution in [0.2, 0.25) is 0 Å². The molecular formula is C17H19NO2. The van der Waals surface area contributed by atoms with Crippen molar-refractivity contribution in [2.24, 2.45) is 0 Å². The summed E-state index contributed by atoms with van der Waals surface area (Å²) in [6.07, 6.45) is 0. The highest BCUT2D eigenvalue weighted by molar-refractivity contribution is 5.67. The first-order chi connectivity index (χ1) is 9.68. The van der Waals surface area contributed by atoms with Gasteiger partial charge in [0.25, 0.3) is 0 Å². The summed E-state index contributed by atoms with van der Waals surface area (Å²) in [6.45, 7) is 4.52. The lowest BCUT2D eigenvalue weighted by Gasteiger charge is -2.26. The highest BCUT2D eigenvalue weighted by atomic mass is 16.5. The molecule has 2 aromatic rings. The fourth-order valence-electron chi connectivity index (χ4n) is 2.14. The number of anilines is 2. The lowest BCUT2D eigenvalue weighted by Crippen LogP contribution is -2.23. The van der Waals surface area contributed by atoms with Crippen LogP contribution in [0.4, 0.5) is 11.4 Å². The quantitative estimate of drug-likeness (QED) is 0.775. The highest BCUT2D eigenvalue weighted by Gasteiger charge is 2.11. The zero-order chi connectivity index (χ0) is 14.4. The van der Waals surface area contributed by atoms with Gasteiger partial charge in [-0.15, -0.1) is 0 Å². The molecule has 0 aromatic heterocycles. The summed E-state index contributed by atoms with van der Waals surface area (Å²) in [5.74, 6) is -0.247. The molecule has 0 bridgehead atoms. The Bertz CT molecular complexity index is 566. The molecule has 0 atom stereocenters. The average molecular weight is 269 g/mol. The van der Waals surface area contributed by atoms with Gasteiger partial charge in [-0.25, -0.2) is 0 Å². The molecule has 0 spiro atoms. The molecule has 0 heterocycles. The maximum absolute atomic E-state index is 10.9. The number of rotatable bonds is 5. The fourth-order valence-corrected chi connectivity index (χ4v) is 2.14. The van der Waals surface area contributed by atoms with E-state index in [1.165, 1.54) is 12.5 Å². The zero-order valence-corrected chi connectivity index (χ0v) is 11.9. The molecule has 0 saturated carbocycles. The molecule has 2 rings (SSSR count). The van der Waals surface area contributed by atoms with E-state index in [0.29, 0.717) is 13.2 Å². The molecule has 3 heteroatoms. The first-order valence-electron chi connectivity index (χ1n) is 6.70. The van der Waals surface area contributed by atoms with Crippen molar-refractivity contribution in [3.63, 3.8) is 0 Å². The largest absolute Gasteiger partial charge is 0.464 e. The minimum atomic E-state index is -0.247. The van der Waals surface area contributed by atoms with E-state index in [-0.39, 0.29) is 5.97 Å². The van der Waals surface area contributed by atoms with Gasteiger partial charge in [0.2, 0.25) is 0 Å². The van der Waals surface area contributed by atoms with Crippen LogP contribution < -0.4 is 4.90 Å². The third-order valence-corrected chi connectivity index (χ3v) is 3.09. The maximum atomic E-state index is 10.9. The van der Waals surface area contributed by atoms with Crippen molar-refractivity contribution in [1.29, 1.82) is 0 Å². The van der Waals surface area contributed by atoms with E-state index in [0.717, 1.165) is 11.4 Å². The van der Waals surface area contributed by atoms with E-state index in [4.69, 9.17) is 4.74 Å². The Morgan fingerprint density at radius 3 is 2.35 bits per heavy atom. The Morgan fingerprint density at radius 2 is 1.70 bits per heavy atom. The topological polar surface area (TPSA) is 29.5 Å². The van der Waals surface area contributed by atoms with Gasteiger partial charge in [-0.1, -0.05) is 36.4 Å². The Kier molecular flexibility index (Phi) is 4.77. The Hall–Kier alpha value is -2.29. The smallest absolute Gasteiger partial charge is 0.302 e. The number of para-hydroxylation sites is 2. The molecule has 0 radical (unpaired) electrons. The third-order valence-electron chi connectivity index (χ3n) is 3.09. The molecule has 0 unspecified atom stereocenters. The van der Waals surface area contributed by atoms with Crippen molar-refractivity contribution in [3.05, 3.63) is 60.2 Å². The van der Waals surface area contributed by atoms with Gasteiger partial charge in [0.15, 0.2) is 0 Å². The SMILES string of the molecule is CC(=O)OCCN(c1ccccc1)c1ccccc1C. The average Bonchev–Trinajstić information content (AvgIpc) is 2.45. The van der Waals surface area contributed by atoms with Crippen LogP contribution in [0.3, 0.4) is 0 Å². The Labute approximate surface area is 119 Å². The van der Waals surface area contributed by atoms with Crippen molar-refractivity contribution < 1.29 is 9.53 Å². The molecule has 0 aliphatic heterocycles. The molecule has 0 fully saturated rings. The lowest BCUT2D eigenvalue weighted by molar-refractivity contribution is -0.140. The molecule has 0 aliphatic carbocycles. The number of benzene rings is 2. The van der Waals surface area contributed by atoms with Gasteiger partial charge in [0.1, 0.15) is 6.61 Å². The van der Waals surface area contributed by atoms with E-state index in [1.807, 2.05) is 30.3 Å². The van der Waals surface area contributed by atoms with Crippen LogP contribution in [0.15, 0.2) is 54.6 Å². The molecule has 104 valence electrons. The second kappa shape index (κ2) is 6.75. The van der Waals surface area contributed by atoms with Gasteiger partial charge in [-0.3, -0.25) is 4.79 Å². The van der Waals surface area contributed by atoms with E-state index in [2.05, 4.69) is 36.1 Å². The number of esters is 1. The summed E-state index contributed by atoms with van der Waals surface area (Å²) in [5, 5.41) is 0. The summed E-state index contributed by atoms with van der Waals surface area (Å²) in [6, 6.07) is 18.3. The van der Waals surface area contributed by atoms with Crippen LogP contribution in [-0.4, -0.2) is 19.1 Å². The number of nitrogens with zero attached hydrogens (tertiary/aromatic N) is 1. The standard InChI is InChI=1S/C17H19NO2/c1-14-8-6-7-11-17(14)18(12-13-20-15(2)19)16-9-4-3-5-10-16/h3-11H,12-13H2,1-2H3.